The van der Waals surface area contributed by atoms with Crippen LogP contribution in [0.1, 0.15) is 42.0 Å². The Labute approximate surface area is 183 Å². The first-order chi connectivity index (χ1) is 15.1. The molecule has 0 aliphatic rings. The standard InChI is InChI=1S/C25H22F4O3/c1-15(2)20-12-13-22(32-24(30)31-3)23(17-6-10-19(26)11-7-17)21(20)14-16-4-8-18(9-5-16)25(27,28)29/h4-13,15H,14H2,1-3H3. The van der Waals surface area contributed by atoms with Crippen LogP contribution in [0.25, 0.3) is 11.1 Å². The van der Waals surface area contributed by atoms with E-state index in [0.29, 0.717) is 16.7 Å². The van der Waals surface area contributed by atoms with E-state index in [4.69, 9.17) is 4.74 Å². The Hall–Kier alpha value is -3.35. The molecule has 3 aromatic carbocycles. The molecule has 0 unspecified atom stereocenters. The fourth-order valence-corrected chi connectivity index (χ4v) is 3.54. The third-order valence-electron chi connectivity index (χ3n) is 5.09. The van der Waals surface area contributed by atoms with Gasteiger partial charge in [0.2, 0.25) is 0 Å². The highest BCUT2D eigenvalue weighted by molar-refractivity contribution is 5.79. The maximum absolute atomic E-state index is 13.6. The molecule has 0 amide bonds. The summed E-state index contributed by atoms with van der Waals surface area (Å²) in [6, 6.07) is 14.1. The summed E-state index contributed by atoms with van der Waals surface area (Å²) >= 11 is 0. The minimum atomic E-state index is -4.42. The van der Waals surface area contributed by atoms with Crippen molar-refractivity contribution in [2.24, 2.45) is 0 Å². The van der Waals surface area contributed by atoms with Crippen LogP contribution in [0, 0.1) is 5.82 Å². The Morgan fingerprint density at radius 1 is 0.938 bits per heavy atom. The molecular weight excluding hydrogens is 424 g/mol. The van der Waals surface area contributed by atoms with E-state index >= 15 is 0 Å². The average molecular weight is 446 g/mol. The maximum atomic E-state index is 13.6. The zero-order chi connectivity index (χ0) is 23.5. The summed E-state index contributed by atoms with van der Waals surface area (Å²) in [4.78, 5) is 11.8. The van der Waals surface area contributed by atoms with E-state index in [1.165, 1.54) is 31.4 Å². The second-order valence-electron chi connectivity index (χ2n) is 7.60. The minimum absolute atomic E-state index is 0.0748. The fourth-order valence-electron chi connectivity index (χ4n) is 3.54. The molecule has 0 aliphatic heterocycles. The molecule has 0 heterocycles. The lowest BCUT2D eigenvalue weighted by Gasteiger charge is -2.21. The molecule has 3 rings (SSSR count). The molecule has 3 aromatic rings. The Balaban J connectivity index is 2.17. The van der Waals surface area contributed by atoms with Gasteiger partial charge in [0.05, 0.1) is 12.7 Å². The normalized spacial score (nSPS) is 11.5. The van der Waals surface area contributed by atoms with Crippen LogP contribution in [0.3, 0.4) is 0 Å². The van der Waals surface area contributed by atoms with Gasteiger partial charge in [-0.1, -0.05) is 44.2 Å². The molecule has 0 N–H and O–H groups in total. The van der Waals surface area contributed by atoms with Crippen LogP contribution >= 0.6 is 0 Å². The topological polar surface area (TPSA) is 35.5 Å². The molecule has 0 spiro atoms. The quantitative estimate of drug-likeness (QED) is 0.233. The van der Waals surface area contributed by atoms with Crippen molar-refractivity contribution >= 4 is 6.16 Å². The molecule has 0 saturated heterocycles. The lowest BCUT2D eigenvalue weighted by Crippen LogP contribution is -2.10. The van der Waals surface area contributed by atoms with Crippen molar-refractivity contribution in [3.05, 3.63) is 88.7 Å². The lowest BCUT2D eigenvalue weighted by atomic mass is 9.86. The third kappa shape index (κ3) is 5.28. The molecule has 0 aliphatic carbocycles. The van der Waals surface area contributed by atoms with Crippen molar-refractivity contribution in [2.75, 3.05) is 7.11 Å². The Morgan fingerprint density at radius 3 is 2.09 bits per heavy atom. The minimum Gasteiger partial charge on any atom is -0.437 e. The summed E-state index contributed by atoms with van der Waals surface area (Å²) in [6.45, 7) is 3.97. The zero-order valence-corrected chi connectivity index (χ0v) is 17.8. The summed E-state index contributed by atoms with van der Waals surface area (Å²) in [5, 5.41) is 0. The van der Waals surface area contributed by atoms with Gasteiger partial charge in [0.15, 0.2) is 0 Å². The highest BCUT2D eigenvalue weighted by Gasteiger charge is 2.30. The van der Waals surface area contributed by atoms with Gasteiger partial charge < -0.3 is 9.47 Å². The number of benzene rings is 3. The van der Waals surface area contributed by atoms with Crippen molar-refractivity contribution in [3.8, 4) is 16.9 Å². The van der Waals surface area contributed by atoms with Crippen LogP contribution in [0.2, 0.25) is 0 Å². The molecule has 0 fully saturated rings. The van der Waals surface area contributed by atoms with Gasteiger partial charge in [-0.05, 0) is 64.9 Å². The largest absolute Gasteiger partial charge is 0.513 e. The smallest absolute Gasteiger partial charge is 0.437 e. The Bertz CT molecular complexity index is 1090. The van der Waals surface area contributed by atoms with Crippen LogP contribution in [-0.4, -0.2) is 13.3 Å². The fraction of sp³-hybridized carbons (Fsp3) is 0.240. The van der Waals surface area contributed by atoms with Gasteiger partial charge in [-0.15, -0.1) is 0 Å². The van der Waals surface area contributed by atoms with E-state index in [1.807, 2.05) is 19.9 Å². The number of hydrogen-bond acceptors (Lipinski definition) is 3. The van der Waals surface area contributed by atoms with Crippen LogP contribution in [0.15, 0.2) is 60.7 Å². The number of hydrogen-bond donors (Lipinski definition) is 0. The first kappa shape index (κ1) is 23.3. The molecule has 32 heavy (non-hydrogen) atoms. The first-order valence-electron chi connectivity index (χ1n) is 9.93. The summed E-state index contributed by atoms with van der Waals surface area (Å²) in [6.07, 6.45) is -5.04. The van der Waals surface area contributed by atoms with Crippen molar-refractivity contribution in [3.63, 3.8) is 0 Å². The van der Waals surface area contributed by atoms with Crippen molar-refractivity contribution in [2.45, 2.75) is 32.4 Å². The molecule has 0 radical (unpaired) electrons. The predicted octanol–water partition coefficient (Wildman–Crippen LogP) is 7.37. The van der Waals surface area contributed by atoms with Crippen LogP contribution < -0.4 is 4.74 Å². The molecule has 3 nitrogen and oxygen atoms in total. The van der Waals surface area contributed by atoms with Gasteiger partial charge in [-0.25, -0.2) is 9.18 Å². The highest BCUT2D eigenvalue weighted by atomic mass is 19.4. The van der Waals surface area contributed by atoms with E-state index in [2.05, 4.69) is 4.74 Å². The highest BCUT2D eigenvalue weighted by Crippen LogP contribution is 2.40. The monoisotopic (exact) mass is 446 g/mol. The first-order valence-corrected chi connectivity index (χ1v) is 9.93. The second-order valence-corrected chi connectivity index (χ2v) is 7.60. The predicted molar refractivity (Wildman–Crippen MR) is 113 cm³/mol. The number of halogens is 4. The third-order valence-corrected chi connectivity index (χ3v) is 5.09. The van der Waals surface area contributed by atoms with Crippen molar-refractivity contribution in [1.29, 1.82) is 0 Å². The van der Waals surface area contributed by atoms with Gasteiger partial charge in [-0.3, -0.25) is 0 Å². The van der Waals surface area contributed by atoms with Gasteiger partial charge in [0.25, 0.3) is 0 Å². The van der Waals surface area contributed by atoms with E-state index < -0.39 is 23.7 Å². The number of ether oxygens (including phenoxy) is 2. The van der Waals surface area contributed by atoms with E-state index in [0.717, 1.165) is 23.3 Å². The summed E-state index contributed by atoms with van der Waals surface area (Å²) in [5.74, 6) is -0.130. The Morgan fingerprint density at radius 2 is 1.56 bits per heavy atom. The number of alkyl halides is 3. The van der Waals surface area contributed by atoms with Crippen LogP contribution in [0.4, 0.5) is 22.4 Å². The zero-order valence-electron chi connectivity index (χ0n) is 17.8. The van der Waals surface area contributed by atoms with E-state index in [-0.39, 0.29) is 18.1 Å². The van der Waals surface area contributed by atoms with Crippen molar-refractivity contribution < 1.29 is 31.8 Å². The lowest BCUT2D eigenvalue weighted by molar-refractivity contribution is -0.137. The molecule has 0 saturated carbocycles. The second kappa shape index (κ2) is 9.42. The van der Waals surface area contributed by atoms with Crippen molar-refractivity contribution in [1.82, 2.24) is 0 Å². The van der Waals surface area contributed by atoms with E-state index in [1.54, 1.807) is 18.2 Å². The van der Waals surface area contributed by atoms with Gasteiger partial charge in [-0.2, -0.15) is 13.2 Å². The molecule has 7 heteroatoms. The van der Waals surface area contributed by atoms with Gasteiger partial charge in [0.1, 0.15) is 11.6 Å². The summed E-state index contributed by atoms with van der Waals surface area (Å²) < 4.78 is 62.4. The number of carbonyl (C=O) groups is 1. The van der Waals surface area contributed by atoms with Crippen LogP contribution in [-0.2, 0) is 17.3 Å². The number of methoxy groups -OCH3 is 1. The molecule has 0 bridgehead atoms. The number of rotatable bonds is 5. The van der Waals surface area contributed by atoms with E-state index in [9.17, 15) is 22.4 Å². The molecule has 168 valence electrons. The molecule has 0 aromatic heterocycles. The Kier molecular flexibility index (Phi) is 6.87. The average Bonchev–Trinajstić information content (AvgIpc) is 2.74. The summed E-state index contributed by atoms with van der Waals surface area (Å²) in [7, 11) is 1.19. The number of carbonyl (C=O) groups excluding carboxylic acids is 1. The van der Waals surface area contributed by atoms with Gasteiger partial charge in [0, 0.05) is 5.56 Å². The van der Waals surface area contributed by atoms with Crippen LogP contribution in [0.5, 0.6) is 5.75 Å². The van der Waals surface area contributed by atoms with Gasteiger partial charge >= 0.3 is 12.3 Å². The molecular formula is C25H22F4O3. The maximum Gasteiger partial charge on any atom is 0.513 e. The molecule has 0 atom stereocenters. The summed E-state index contributed by atoms with van der Waals surface area (Å²) in [5.41, 5.74) is 2.79. The SMILES string of the molecule is COC(=O)Oc1ccc(C(C)C)c(Cc2ccc(C(F)(F)F)cc2)c1-c1ccc(F)cc1.